The smallest absolute Gasteiger partial charge is 0.270 e. The minimum atomic E-state index is -0.609. The number of nitrogens with zero attached hydrogens (tertiary/aromatic N) is 3. The molecule has 4 rings (SSSR count). The van der Waals surface area contributed by atoms with Gasteiger partial charge in [-0.1, -0.05) is 41.4 Å². The maximum absolute atomic E-state index is 13.8. The molecule has 0 aromatic heterocycles. The first kappa shape index (κ1) is 28.1. The van der Waals surface area contributed by atoms with Crippen molar-refractivity contribution in [2.24, 2.45) is 0 Å². The van der Waals surface area contributed by atoms with Crippen LogP contribution in [-0.4, -0.2) is 30.1 Å². The molecule has 0 spiro atoms. The van der Waals surface area contributed by atoms with Gasteiger partial charge in [0.05, 0.1) is 18.0 Å². The summed E-state index contributed by atoms with van der Waals surface area (Å²) >= 11 is 18.4. The van der Waals surface area contributed by atoms with Crippen LogP contribution >= 0.6 is 35.4 Å². The number of nitriles is 1. The van der Waals surface area contributed by atoms with Crippen LogP contribution in [0.15, 0.2) is 60.2 Å². The topological polar surface area (TPSA) is 82.9 Å². The van der Waals surface area contributed by atoms with E-state index in [-0.39, 0.29) is 17.3 Å². The Morgan fingerprint density at radius 2 is 1.44 bits per heavy atom. The van der Waals surface area contributed by atoms with Gasteiger partial charge in [0.25, 0.3) is 11.8 Å². The van der Waals surface area contributed by atoms with Crippen molar-refractivity contribution < 1.29 is 19.1 Å². The van der Waals surface area contributed by atoms with Gasteiger partial charge in [0.1, 0.15) is 11.6 Å². The third-order valence-electron chi connectivity index (χ3n) is 5.95. The number of aryl methyl sites for hydroxylation is 2. The Bertz CT molecular complexity index is 1490. The predicted octanol–water partition coefficient (Wildman–Crippen LogP) is 6.66. The van der Waals surface area contributed by atoms with Crippen LogP contribution in [0, 0.1) is 25.2 Å². The second kappa shape index (κ2) is 11.9. The fourth-order valence-electron chi connectivity index (χ4n) is 3.91. The summed E-state index contributed by atoms with van der Waals surface area (Å²) in [4.78, 5) is 30.2. The van der Waals surface area contributed by atoms with E-state index in [0.717, 1.165) is 11.1 Å². The number of benzene rings is 3. The third kappa shape index (κ3) is 5.76. The van der Waals surface area contributed by atoms with E-state index >= 15 is 0 Å². The number of halogens is 2. The Labute approximate surface area is 241 Å². The molecular formula is C29H23Cl2N3O4S. The first-order valence-corrected chi connectivity index (χ1v) is 13.1. The number of hydrogen-bond acceptors (Lipinski definition) is 6. The van der Waals surface area contributed by atoms with Crippen molar-refractivity contribution in [3.8, 4) is 17.6 Å². The molecule has 1 aliphatic rings. The Hall–Kier alpha value is -3.90. The van der Waals surface area contributed by atoms with Crippen LogP contribution in [0.1, 0.15) is 23.6 Å². The lowest BCUT2D eigenvalue weighted by Crippen LogP contribution is -2.57. The first-order chi connectivity index (χ1) is 18.7. The summed E-state index contributed by atoms with van der Waals surface area (Å²) in [6.45, 7) is 5.69. The molecule has 3 aromatic carbocycles. The standard InChI is InChI=1S/C29H23Cl2N3O4S/c1-4-37-26-14-19(7-10-25(26)38-12-11-32)13-22-27(35)33(20-8-5-17(2)23(30)15-20)29(39)34(28(22)36)21-9-6-18(3)24(31)16-21/h5-10,13-16H,4,12H2,1-3H3. The molecule has 3 aromatic rings. The number of ether oxygens (including phenoxy) is 2. The van der Waals surface area contributed by atoms with Crippen LogP contribution in [0.25, 0.3) is 6.08 Å². The molecule has 0 N–H and O–H groups in total. The van der Waals surface area contributed by atoms with Crippen molar-refractivity contribution in [2.45, 2.75) is 20.8 Å². The molecule has 7 nitrogen and oxygen atoms in total. The van der Waals surface area contributed by atoms with Crippen LogP contribution in [0.2, 0.25) is 10.0 Å². The highest BCUT2D eigenvalue weighted by molar-refractivity contribution is 7.81. The van der Waals surface area contributed by atoms with Crippen molar-refractivity contribution in [3.05, 3.63) is 86.9 Å². The van der Waals surface area contributed by atoms with Gasteiger partial charge in [-0.25, -0.2) is 0 Å². The molecule has 0 atom stereocenters. The van der Waals surface area contributed by atoms with Gasteiger partial charge in [0.2, 0.25) is 0 Å². The fraction of sp³-hybridized carbons (Fsp3) is 0.172. The van der Waals surface area contributed by atoms with Crippen molar-refractivity contribution in [1.82, 2.24) is 0 Å². The Morgan fingerprint density at radius 3 is 1.92 bits per heavy atom. The Morgan fingerprint density at radius 1 is 0.872 bits per heavy atom. The maximum Gasteiger partial charge on any atom is 0.270 e. The zero-order valence-electron chi connectivity index (χ0n) is 21.3. The molecule has 0 aliphatic carbocycles. The van der Waals surface area contributed by atoms with Crippen molar-refractivity contribution in [2.75, 3.05) is 23.0 Å². The van der Waals surface area contributed by atoms with Gasteiger partial charge >= 0.3 is 0 Å². The summed E-state index contributed by atoms with van der Waals surface area (Å²) in [5.41, 5.74) is 2.86. The van der Waals surface area contributed by atoms with E-state index in [0.29, 0.717) is 45.1 Å². The Balaban J connectivity index is 1.86. The zero-order chi connectivity index (χ0) is 28.3. The van der Waals surface area contributed by atoms with E-state index in [1.165, 1.54) is 15.9 Å². The maximum atomic E-state index is 13.8. The molecular weight excluding hydrogens is 557 g/mol. The van der Waals surface area contributed by atoms with Gasteiger partial charge in [-0.2, -0.15) is 5.26 Å². The number of carbonyl (C=O) groups excluding carboxylic acids is 2. The zero-order valence-corrected chi connectivity index (χ0v) is 23.7. The summed E-state index contributed by atoms with van der Waals surface area (Å²) in [6, 6.07) is 17.1. The average Bonchev–Trinajstić information content (AvgIpc) is 2.90. The van der Waals surface area contributed by atoms with Crippen LogP contribution in [0.4, 0.5) is 11.4 Å². The van der Waals surface area contributed by atoms with Gasteiger partial charge in [-0.05, 0) is 92.2 Å². The highest BCUT2D eigenvalue weighted by atomic mass is 35.5. The number of thiocarbonyl (C=S) groups is 1. The highest BCUT2D eigenvalue weighted by Gasteiger charge is 2.41. The van der Waals surface area contributed by atoms with E-state index < -0.39 is 11.8 Å². The lowest BCUT2D eigenvalue weighted by atomic mass is 10.0. The molecule has 1 aliphatic heterocycles. The van der Waals surface area contributed by atoms with E-state index in [1.807, 2.05) is 26.8 Å². The lowest BCUT2D eigenvalue weighted by Gasteiger charge is -2.36. The second-order valence-corrected chi connectivity index (χ2v) is 9.75. The summed E-state index contributed by atoms with van der Waals surface area (Å²) in [5, 5.41) is 9.73. The lowest BCUT2D eigenvalue weighted by molar-refractivity contribution is -0.120. The molecule has 0 unspecified atom stereocenters. The first-order valence-electron chi connectivity index (χ1n) is 11.9. The van der Waals surface area contributed by atoms with E-state index in [4.69, 9.17) is 50.2 Å². The molecule has 0 radical (unpaired) electrons. The molecule has 2 amide bonds. The molecule has 10 heteroatoms. The number of hydrogen-bond donors (Lipinski definition) is 0. The van der Waals surface area contributed by atoms with Crippen molar-refractivity contribution in [3.63, 3.8) is 0 Å². The quantitative estimate of drug-likeness (QED) is 0.177. The normalized spacial score (nSPS) is 13.4. The van der Waals surface area contributed by atoms with Crippen LogP contribution in [0.5, 0.6) is 11.5 Å². The van der Waals surface area contributed by atoms with Crippen molar-refractivity contribution >= 4 is 69.8 Å². The van der Waals surface area contributed by atoms with Gasteiger partial charge in [-0.3, -0.25) is 19.4 Å². The van der Waals surface area contributed by atoms with E-state index in [9.17, 15) is 9.59 Å². The SMILES string of the molecule is CCOc1cc(C=C2C(=O)N(c3ccc(C)c(Cl)c3)C(=S)N(c3ccc(C)c(Cl)c3)C2=O)ccc1OCC#N. The van der Waals surface area contributed by atoms with E-state index in [2.05, 4.69) is 0 Å². The molecule has 198 valence electrons. The monoisotopic (exact) mass is 579 g/mol. The summed E-state index contributed by atoms with van der Waals surface area (Å²) in [6.07, 6.45) is 1.47. The van der Waals surface area contributed by atoms with E-state index in [1.54, 1.807) is 54.6 Å². The number of amides is 2. The number of carbonyl (C=O) groups is 2. The predicted molar refractivity (Wildman–Crippen MR) is 157 cm³/mol. The largest absolute Gasteiger partial charge is 0.490 e. The second-order valence-electron chi connectivity index (χ2n) is 8.57. The molecule has 1 saturated heterocycles. The molecule has 0 bridgehead atoms. The molecule has 39 heavy (non-hydrogen) atoms. The number of anilines is 2. The summed E-state index contributed by atoms with van der Waals surface area (Å²) in [7, 11) is 0. The van der Waals surface area contributed by atoms with Crippen LogP contribution < -0.4 is 19.3 Å². The highest BCUT2D eigenvalue weighted by Crippen LogP contribution is 2.35. The molecule has 0 saturated carbocycles. The van der Waals surface area contributed by atoms with Gasteiger partial charge < -0.3 is 9.47 Å². The molecule has 1 heterocycles. The summed E-state index contributed by atoms with van der Waals surface area (Å²) < 4.78 is 11.1. The Kier molecular flexibility index (Phi) is 8.56. The summed E-state index contributed by atoms with van der Waals surface area (Å²) in [5.74, 6) is -0.475. The van der Waals surface area contributed by atoms with Gasteiger partial charge in [0, 0.05) is 10.0 Å². The fourth-order valence-corrected chi connectivity index (χ4v) is 4.63. The van der Waals surface area contributed by atoms with Gasteiger partial charge in [0.15, 0.2) is 23.2 Å². The third-order valence-corrected chi connectivity index (χ3v) is 7.13. The minimum Gasteiger partial charge on any atom is -0.490 e. The van der Waals surface area contributed by atoms with Crippen molar-refractivity contribution in [1.29, 1.82) is 5.26 Å². The van der Waals surface area contributed by atoms with Crippen LogP contribution in [-0.2, 0) is 9.59 Å². The minimum absolute atomic E-state index is 0.0303. The average molecular weight is 580 g/mol. The van der Waals surface area contributed by atoms with Crippen LogP contribution in [0.3, 0.4) is 0 Å². The molecule has 1 fully saturated rings. The van der Waals surface area contributed by atoms with Gasteiger partial charge in [-0.15, -0.1) is 0 Å². The number of rotatable bonds is 7.